The smallest absolute Gasteiger partial charge is 0.416 e. The summed E-state index contributed by atoms with van der Waals surface area (Å²) in [6, 6.07) is 18.4. The van der Waals surface area contributed by atoms with Gasteiger partial charge in [0.1, 0.15) is 11.5 Å². The predicted octanol–water partition coefficient (Wildman–Crippen LogP) is 6.22. The Morgan fingerprint density at radius 1 is 0.767 bits per heavy atom. The molecule has 0 saturated carbocycles. The maximum Gasteiger partial charge on any atom is 0.416 e. The van der Waals surface area contributed by atoms with E-state index >= 15 is 0 Å². The van der Waals surface area contributed by atoms with Gasteiger partial charge in [0.2, 0.25) is 5.82 Å². The third-order valence-corrected chi connectivity index (χ3v) is 4.11. The van der Waals surface area contributed by atoms with E-state index in [4.69, 9.17) is 15.0 Å². The number of nitrogen functional groups attached to an aromatic ring is 1. The number of ether oxygens (including phenoxy) is 1. The molecular weight excluding hydrogens is 419 g/mol. The Kier molecular flexibility index (Phi) is 5.98. The van der Waals surface area contributed by atoms with Crippen LogP contribution in [-0.2, 0) is 6.18 Å². The Bertz CT molecular complexity index is 1110. The van der Waals surface area contributed by atoms with E-state index in [2.05, 4.69) is 10.1 Å². The molecule has 1 heterocycles. The molecule has 4 aromatic rings. The van der Waals surface area contributed by atoms with Crippen molar-refractivity contribution in [1.29, 1.82) is 0 Å². The lowest BCUT2D eigenvalue weighted by atomic mass is 10.2. The number of nitrogens with two attached hydrogens (primary N) is 1. The Balaban J connectivity index is 0.00000256. The highest BCUT2D eigenvalue weighted by Gasteiger charge is 2.30. The van der Waals surface area contributed by atoms with Crippen LogP contribution >= 0.6 is 12.4 Å². The first kappa shape index (κ1) is 21.2. The zero-order chi connectivity index (χ0) is 20.4. The van der Waals surface area contributed by atoms with Gasteiger partial charge in [0.25, 0.3) is 5.89 Å². The fourth-order valence-electron chi connectivity index (χ4n) is 2.60. The van der Waals surface area contributed by atoms with Gasteiger partial charge in [-0.15, -0.1) is 12.4 Å². The summed E-state index contributed by atoms with van der Waals surface area (Å²) in [5.74, 6) is 1.54. The lowest BCUT2D eigenvalue weighted by Crippen LogP contribution is -2.03. The van der Waals surface area contributed by atoms with Crippen molar-refractivity contribution in [1.82, 2.24) is 10.1 Å². The monoisotopic (exact) mass is 433 g/mol. The number of nitrogens with zero attached hydrogens (tertiary/aromatic N) is 2. The van der Waals surface area contributed by atoms with E-state index < -0.39 is 11.7 Å². The standard InChI is InChI=1S/C21H14F3N3O2.ClH/c22-21(23,24)15-5-11-18(12-6-15)28-17-9-3-13(4-10-17)19-26-20(29-27-19)14-1-7-16(25)8-2-14;/h1-12H,25H2;1H. The molecule has 3 aromatic carbocycles. The molecule has 0 amide bonds. The largest absolute Gasteiger partial charge is 0.457 e. The van der Waals surface area contributed by atoms with Crippen molar-refractivity contribution in [2.45, 2.75) is 6.18 Å². The number of anilines is 1. The van der Waals surface area contributed by atoms with Crippen molar-refractivity contribution in [3.8, 4) is 34.3 Å². The van der Waals surface area contributed by atoms with Crippen molar-refractivity contribution in [3.63, 3.8) is 0 Å². The zero-order valence-corrected chi connectivity index (χ0v) is 16.1. The molecule has 2 N–H and O–H groups in total. The van der Waals surface area contributed by atoms with Crippen LogP contribution in [0.4, 0.5) is 18.9 Å². The molecule has 5 nitrogen and oxygen atoms in total. The normalized spacial score (nSPS) is 11.0. The highest BCUT2D eigenvalue weighted by Crippen LogP contribution is 2.32. The van der Waals surface area contributed by atoms with Crippen LogP contribution < -0.4 is 10.5 Å². The first-order valence-electron chi connectivity index (χ1n) is 8.54. The summed E-state index contributed by atoms with van der Waals surface area (Å²) in [5, 5.41) is 3.97. The second-order valence-electron chi connectivity index (χ2n) is 6.19. The zero-order valence-electron chi connectivity index (χ0n) is 15.3. The van der Waals surface area contributed by atoms with E-state index in [9.17, 15) is 13.2 Å². The van der Waals surface area contributed by atoms with Crippen LogP contribution in [0.5, 0.6) is 11.5 Å². The lowest BCUT2D eigenvalue weighted by Gasteiger charge is -2.09. The first-order valence-corrected chi connectivity index (χ1v) is 8.54. The van der Waals surface area contributed by atoms with E-state index in [-0.39, 0.29) is 12.4 Å². The number of alkyl halides is 3. The number of hydrogen-bond donors (Lipinski definition) is 1. The van der Waals surface area contributed by atoms with Gasteiger partial charge in [-0.1, -0.05) is 5.16 Å². The summed E-state index contributed by atoms with van der Waals surface area (Å²) in [7, 11) is 0. The highest BCUT2D eigenvalue weighted by molar-refractivity contribution is 5.85. The van der Waals surface area contributed by atoms with E-state index in [1.165, 1.54) is 12.1 Å². The molecule has 0 atom stereocenters. The molecule has 0 saturated heterocycles. The van der Waals surface area contributed by atoms with Crippen LogP contribution in [0.2, 0.25) is 0 Å². The topological polar surface area (TPSA) is 74.2 Å². The van der Waals surface area contributed by atoms with E-state index in [0.717, 1.165) is 17.7 Å². The molecule has 0 aliphatic rings. The average Bonchev–Trinajstić information content (AvgIpc) is 3.19. The third kappa shape index (κ3) is 4.72. The fraction of sp³-hybridized carbons (Fsp3) is 0.0476. The molecule has 0 fully saturated rings. The van der Waals surface area contributed by atoms with Crippen LogP contribution in [0, 0.1) is 0 Å². The molecule has 0 radical (unpaired) electrons. The molecule has 30 heavy (non-hydrogen) atoms. The molecular formula is C21H15ClF3N3O2. The van der Waals surface area contributed by atoms with E-state index in [1.54, 1.807) is 48.5 Å². The molecule has 0 aliphatic heterocycles. The van der Waals surface area contributed by atoms with Crippen molar-refractivity contribution in [3.05, 3.63) is 78.4 Å². The van der Waals surface area contributed by atoms with Gasteiger partial charge in [-0.05, 0) is 72.8 Å². The van der Waals surface area contributed by atoms with Gasteiger partial charge in [-0.25, -0.2) is 0 Å². The van der Waals surface area contributed by atoms with Crippen LogP contribution in [0.15, 0.2) is 77.3 Å². The van der Waals surface area contributed by atoms with Crippen LogP contribution in [0.25, 0.3) is 22.8 Å². The number of halogens is 4. The number of hydrogen-bond acceptors (Lipinski definition) is 5. The Hall–Kier alpha value is -3.52. The summed E-state index contributed by atoms with van der Waals surface area (Å²) >= 11 is 0. The third-order valence-electron chi connectivity index (χ3n) is 4.11. The molecule has 154 valence electrons. The summed E-state index contributed by atoms with van der Waals surface area (Å²) in [5.41, 5.74) is 7.03. The molecule has 0 unspecified atom stereocenters. The Morgan fingerprint density at radius 2 is 1.30 bits per heavy atom. The van der Waals surface area contributed by atoms with Crippen LogP contribution in [-0.4, -0.2) is 10.1 Å². The van der Waals surface area contributed by atoms with Gasteiger partial charge in [-0.2, -0.15) is 18.2 Å². The van der Waals surface area contributed by atoms with Crippen molar-refractivity contribution >= 4 is 18.1 Å². The van der Waals surface area contributed by atoms with Gasteiger partial charge in [0.15, 0.2) is 0 Å². The maximum atomic E-state index is 12.6. The van der Waals surface area contributed by atoms with E-state index in [0.29, 0.717) is 34.5 Å². The Labute approximate surface area is 175 Å². The van der Waals surface area contributed by atoms with Gasteiger partial charge in [-0.3, -0.25) is 0 Å². The van der Waals surface area contributed by atoms with Gasteiger partial charge >= 0.3 is 6.18 Å². The van der Waals surface area contributed by atoms with E-state index in [1.807, 2.05) is 0 Å². The lowest BCUT2D eigenvalue weighted by molar-refractivity contribution is -0.137. The summed E-state index contributed by atoms with van der Waals surface area (Å²) in [4.78, 5) is 4.36. The van der Waals surface area contributed by atoms with Gasteiger partial charge in [0, 0.05) is 16.8 Å². The van der Waals surface area contributed by atoms with Gasteiger partial charge in [0.05, 0.1) is 5.56 Å². The molecule has 0 bridgehead atoms. The molecule has 0 aliphatic carbocycles. The fourth-order valence-corrected chi connectivity index (χ4v) is 2.60. The predicted molar refractivity (Wildman–Crippen MR) is 108 cm³/mol. The number of rotatable bonds is 4. The minimum Gasteiger partial charge on any atom is -0.457 e. The Morgan fingerprint density at radius 3 is 1.87 bits per heavy atom. The summed E-state index contributed by atoms with van der Waals surface area (Å²) < 4.78 is 48.7. The summed E-state index contributed by atoms with van der Waals surface area (Å²) in [6.45, 7) is 0. The highest BCUT2D eigenvalue weighted by atomic mass is 35.5. The number of aromatic nitrogens is 2. The summed E-state index contributed by atoms with van der Waals surface area (Å²) in [6.07, 6.45) is -4.38. The second-order valence-corrected chi connectivity index (χ2v) is 6.19. The number of benzene rings is 3. The minimum atomic E-state index is -4.38. The molecule has 9 heteroatoms. The minimum absolute atomic E-state index is 0. The molecule has 0 spiro atoms. The second kappa shape index (κ2) is 8.46. The maximum absolute atomic E-state index is 12.6. The van der Waals surface area contributed by atoms with Gasteiger partial charge < -0.3 is 15.0 Å². The van der Waals surface area contributed by atoms with Crippen LogP contribution in [0.1, 0.15) is 5.56 Å². The molecule has 4 rings (SSSR count). The van der Waals surface area contributed by atoms with Crippen molar-refractivity contribution in [2.75, 3.05) is 5.73 Å². The first-order chi connectivity index (χ1) is 13.9. The van der Waals surface area contributed by atoms with Crippen molar-refractivity contribution in [2.24, 2.45) is 0 Å². The van der Waals surface area contributed by atoms with Crippen LogP contribution in [0.3, 0.4) is 0 Å². The quantitative estimate of drug-likeness (QED) is 0.387. The SMILES string of the molecule is Cl.Nc1ccc(-c2nc(-c3ccc(Oc4ccc(C(F)(F)F)cc4)cc3)no2)cc1. The van der Waals surface area contributed by atoms with Crippen molar-refractivity contribution < 1.29 is 22.4 Å². The molecule has 1 aromatic heterocycles. The average molecular weight is 434 g/mol.